The Hall–Kier alpha value is -2.07. The van der Waals surface area contributed by atoms with Gasteiger partial charge in [-0.15, -0.1) is 0 Å². The molecule has 0 aliphatic heterocycles. The molecule has 21 heavy (non-hydrogen) atoms. The molecule has 2 aromatic heterocycles. The van der Waals surface area contributed by atoms with Gasteiger partial charge in [0.05, 0.1) is 6.20 Å². The van der Waals surface area contributed by atoms with Crippen LogP contribution < -0.4 is 5.73 Å². The molecule has 4 nitrogen and oxygen atoms in total. The zero-order valence-corrected chi connectivity index (χ0v) is 12.5. The Bertz CT molecular complexity index is 723. The van der Waals surface area contributed by atoms with Crippen LogP contribution in [0, 0.1) is 0 Å². The second kappa shape index (κ2) is 6.14. The van der Waals surface area contributed by atoms with Crippen molar-refractivity contribution >= 4 is 10.9 Å². The van der Waals surface area contributed by atoms with Crippen molar-refractivity contribution in [2.24, 2.45) is 12.8 Å². The predicted molar refractivity (Wildman–Crippen MR) is 86.2 cm³/mol. The number of rotatable bonds is 6. The molecule has 2 heterocycles. The van der Waals surface area contributed by atoms with Crippen LogP contribution in [0.15, 0.2) is 42.9 Å². The Morgan fingerprint density at radius 3 is 2.76 bits per heavy atom. The Kier molecular flexibility index (Phi) is 4.06. The van der Waals surface area contributed by atoms with E-state index in [9.17, 15) is 0 Å². The van der Waals surface area contributed by atoms with Gasteiger partial charge in [0.2, 0.25) is 0 Å². The quantitative estimate of drug-likeness (QED) is 0.755. The van der Waals surface area contributed by atoms with Gasteiger partial charge in [-0.05, 0) is 43.0 Å². The first-order valence-corrected chi connectivity index (χ1v) is 7.52. The summed E-state index contributed by atoms with van der Waals surface area (Å²) in [6, 6.07) is 8.63. The van der Waals surface area contributed by atoms with E-state index in [4.69, 9.17) is 5.73 Å². The summed E-state index contributed by atoms with van der Waals surface area (Å²) in [4.78, 5) is 0. The Morgan fingerprint density at radius 1 is 1.14 bits per heavy atom. The molecule has 0 bridgehead atoms. The monoisotopic (exact) mass is 282 g/mol. The number of hydrogen-bond donors (Lipinski definition) is 1. The van der Waals surface area contributed by atoms with Gasteiger partial charge in [-0.3, -0.25) is 4.68 Å². The summed E-state index contributed by atoms with van der Waals surface area (Å²) in [7, 11) is 1.96. The van der Waals surface area contributed by atoms with Gasteiger partial charge >= 0.3 is 0 Å². The molecule has 110 valence electrons. The van der Waals surface area contributed by atoms with Gasteiger partial charge in [0.25, 0.3) is 0 Å². The highest BCUT2D eigenvalue weighted by atomic mass is 15.2. The first-order chi connectivity index (χ1) is 10.3. The van der Waals surface area contributed by atoms with Crippen LogP contribution in [0.5, 0.6) is 0 Å². The zero-order valence-electron chi connectivity index (χ0n) is 12.5. The lowest BCUT2D eigenvalue weighted by molar-refractivity contribution is 0.715. The molecule has 0 saturated carbocycles. The van der Waals surface area contributed by atoms with Gasteiger partial charge in [-0.1, -0.05) is 18.2 Å². The van der Waals surface area contributed by atoms with Crippen molar-refractivity contribution in [1.29, 1.82) is 0 Å². The van der Waals surface area contributed by atoms with Crippen molar-refractivity contribution in [1.82, 2.24) is 14.3 Å². The fraction of sp³-hybridized carbons (Fsp3) is 0.353. The SMILES string of the molecule is Cn1cc(CCn2cc(CCCN)c3ccccc32)cn1. The maximum absolute atomic E-state index is 5.65. The topological polar surface area (TPSA) is 48.8 Å². The van der Waals surface area contributed by atoms with Crippen LogP contribution in [0.3, 0.4) is 0 Å². The summed E-state index contributed by atoms with van der Waals surface area (Å²) in [6.07, 6.45) is 9.41. The third-order valence-corrected chi connectivity index (χ3v) is 3.92. The van der Waals surface area contributed by atoms with Crippen LogP contribution in [0.4, 0.5) is 0 Å². The lowest BCUT2D eigenvalue weighted by Crippen LogP contribution is -2.00. The number of benzene rings is 1. The number of aryl methyl sites for hydroxylation is 4. The third-order valence-electron chi connectivity index (χ3n) is 3.92. The van der Waals surface area contributed by atoms with E-state index >= 15 is 0 Å². The number of aromatic nitrogens is 3. The maximum Gasteiger partial charge on any atom is 0.0522 e. The van der Waals surface area contributed by atoms with Gasteiger partial charge < -0.3 is 10.3 Å². The van der Waals surface area contributed by atoms with Gasteiger partial charge in [-0.25, -0.2) is 0 Å². The molecule has 2 N–H and O–H groups in total. The van der Waals surface area contributed by atoms with Crippen LogP contribution in [0.25, 0.3) is 10.9 Å². The average molecular weight is 282 g/mol. The van der Waals surface area contributed by atoms with Crippen LogP contribution in [0.2, 0.25) is 0 Å². The van der Waals surface area contributed by atoms with E-state index in [0.29, 0.717) is 0 Å². The molecule has 0 radical (unpaired) electrons. The lowest BCUT2D eigenvalue weighted by Gasteiger charge is -2.03. The number of fused-ring (bicyclic) bond motifs is 1. The molecule has 0 aliphatic carbocycles. The second-order valence-corrected chi connectivity index (χ2v) is 5.53. The Morgan fingerprint density at radius 2 is 2.00 bits per heavy atom. The molecule has 0 saturated heterocycles. The van der Waals surface area contributed by atoms with E-state index in [1.165, 1.54) is 22.0 Å². The summed E-state index contributed by atoms with van der Waals surface area (Å²) in [6.45, 7) is 1.73. The van der Waals surface area contributed by atoms with Crippen molar-refractivity contribution in [3.8, 4) is 0 Å². The van der Waals surface area contributed by atoms with Crippen LogP contribution >= 0.6 is 0 Å². The number of para-hydroxylation sites is 1. The molecule has 3 rings (SSSR count). The highest BCUT2D eigenvalue weighted by Crippen LogP contribution is 2.22. The van der Waals surface area contributed by atoms with Crippen molar-refractivity contribution in [3.05, 3.63) is 54.0 Å². The van der Waals surface area contributed by atoms with Crippen LogP contribution in [-0.2, 0) is 26.4 Å². The third kappa shape index (κ3) is 3.00. The summed E-state index contributed by atoms with van der Waals surface area (Å²) in [5, 5.41) is 5.59. The van der Waals surface area contributed by atoms with E-state index in [1.54, 1.807) is 0 Å². The summed E-state index contributed by atoms with van der Waals surface area (Å²) >= 11 is 0. The van der Waals surface area contributed by atoms with Gasteiger partial charge in [-0.2, -0.15) is 5.10 Å². The van der Waals surface area contributed by atoms with Crippen molar-refractivity contribution in [3.63, 3.8) is 0 Å². The molecule has 0 unspecified atom stereocenters. The Balaban J connectivity index is 1.83. The fourth-order valence-corrected chi connectivity index (χ4v) is 2.85. The molecule has 0 atom stereocenters. The molecule has 0 amide bonds. The van der Waals surface area contributed by atoms with Crippen molar-refractivity contribution < 1.29 is 0 Å². The van der Waals surface area contributed by atoms with Crippen LogP contribution in [-0.4, -0.2) is 20.9 Å². The van der Waals surface area contributed by atoms with Gasteiger partial charge in [0.1, 0.15) is 0 Å². The minimum Gasteiger partial charge on any atom is -0.347 e. The minimum atomic E-state index is 0.745. The van der Waals surface area contributed by atoms with Gasteiger partial charge in [0.15, 0.2) is 0 Å². The molecular weight excluding hydrogens is 260 g/mol. The molecule has 0 fully saturated rings. The van der Waals surface area contributed by atoms with Crippen LogP contribution in [0.1, 0.15) is 17.5 Å². The highest BCUT2D eigenvalue weighted by Gasteiger charge is 2.08. The minimum absolute atomic E-state index is 0.745. The summed E-state index contributed by atoms with van der Waals surface area (Å²) in [5.41, 5.74) is 9.64. The smallest absolute Gasteiger partial charge is 0.0522 e. The number of nitrogens with zero attached hydrogens (tertiary/aromatic N) is 3. The summed E-state index contributed by atoms with van der Waals surface area (Å²) in [5.74, 6) is 0. The molecule has 0 aliphatic rings. The predicted octanol–water partition coefficient (Wildman–Crippen LogP) is 2.51. The Labute approximate surface area is 125 Å². The van der Waals surface area contributed by atoms with E-state index in [0.717, 1.165) is 32.4 Å². The standard InChI is InChI=1S/C17H22N4/c1-20-12-14(11-19-20)8-10-21-13-15(5-4-9-18)16-6-2-3-7-17(16)21/h2-3,6-7,11-13H,4-5,8-10,18H2,1H3. The molecular formula is C17H22N4. The van der Waals surface area contributed by atoms with E-state index < -0.39 is 0 Å². The van der Waals surface area contributed by atoms with Crippen molar-refractivity contribution in [2.75, 3.05) is 6.54 Å². The van der Waals surface area contributed by atoms with Gasteiger partial charge in [0, 0.05) is 36.9 Å². The highest BCUT2D eigenvalue weighted by molar-refractivity contribution is 5.84. The first-order valence-electron chi connectivity index (χ1n) is 7.52. The number of hydrogen-bond acceptors (Lipinski definition) is 2. The average Bonchev–Trinajstić information content (AvgIpc) is 3.07. The van der Waals surface area contributed by atoms with E-state index in [-0.39, 0.29) is 0 Å². The molecule has 4 heteroatoms. The lowest BCUT2D eigenvalue weighted by atomic mass is 10.1. The van der Waals surface area contributed by atoms with Crippen molar-refractivity contribution in [2.45, 2.75) is 25.8 Å². The van der Waals surface area contributed by atoms with E-state index in [2.05, 4.69) is 46.3 Å². The molecule has 3 aromatic rings. The molecule has 0 spiro atoms. The maximum atomic E-state index is 5.65. The number of nitrogens with two attached hydrogens (primary N) is 1. The van der Waals surface area contributed by atoms with E-state index in [1.807, 2.05) is 17.9 Å². The fourth-order valence-electron chi connectivity index (χ4n) is 2.85. The first kappa shape index (κ1) is 13.9. The second-order valence-electron chi connectivity index (χ2n) is 5.53. The summed E-state index contributed by atoms with van der Waals surface area (Å²) < 4.78 is 4.21. The normalized spacial score (nSPS) is 11.3. The largest absolute Gasteiger partial charge is 0.347 e. The molecule has 1 aromatic carbocycles. The zero-order chi connectivity index (χ0) is 14.7.